The molecule has 0 heterocycles. The minimum atomic E-state index is -0.865. The predicted octanol–water partition coefficient (Wildman–Crippen LogP) is 2.82. The Kier molecular flexibility index (Phi) is 6.02. The van der Waals surface area contributed by atoms with Crippen molar-refractivity contribution in [1.29, 1.82) is 0 Å². The number of rotatable bonds is 5. The van der Waals surface area contributed by atoms with Crippen LogP contribution in [0.2, 0.25) is 0 Å². The van der Waals surface area contributed by atoms with Gasteiger partial charge in [-0.1, -0.05) is 44.2 Å². The van der Waals surface area contributed by atoms with Crippen LogP contribution >= 0.6 is 12.4 Å². The van der Waals surface area contributed by atoms with Crippen molar-refractivity contribution in [2.45, 2.75) is 51.8 Å². The zero-order chi connectivity index (χ0) is 15.7. The third kappa shape index (κ3) is 3.14. The SMILES string of the molecule is CCOC1CC(N)(C(=O)N[C@H](C)c2ccccc2)C1(C)C.Cl. The minimum Gasteiger partial charge on any atom is -0.378 e. The van der Waals surface area contributed by atoms with Crippen LogP contribution in [0.25, 0.3) is 0 Å². The monoisotopic (exact) mass is 326 g/mol. The van der Waals surface area contributed by atoms with E-state index in [0.29, 0.717) is 13.0 Å². The predicted molar refractivity (Wildman–Crippen MR) is 91.0 cm³/mol. The van der Waals surface area contributed by atoms with Gasteiger partial charge in [-0.25, -0.2) is 0 Å². The van der Waals surface area contributed by atoms with Crippen LogP contribution in [0.4, 0.5) is 0 Å². The first-order valence-electron chi connectivity index (χ1n) is 7.59. The Morgan fingerprint density at radius 3 is 2.50 bits per heavy atom. The molecular weight excluding hydrogens is 300 g/mol. The molecule has 0 saturated heterocycles. The molecule has 1 amide bonds. The lowest BCUT2D eigenvalue weighted by molar-refractivity contribution is -0.171. The number of nitrogens with one attached hydrogen (secondary N) is 1. The normalized spacial score (nSPS) is 27.2. The van der Waals surface area contributed by atoms with Crippen molar-refractivity contribution in [2.75, 3.05) is 6.61 Å². The molecule has 1 aliphatic carbocycles. The summed E-state index contributed by atoms with van der Waals surface area (Å²) in [5.74, 6) is -0.0974. The van der Waals surface area contributed by atoms with Crippen LogP contribution in [0.15, 0.2) is 30.3 Å². The lowest BCUT2D eigenvalue weighted by Gasteiger charge is -2.57. The molecule has 0 bridgehead atoms. The van der Waals surface area contributed by atoms with Crippen molar-refractivity contribution < 1.29 is 9.53 Å². The van der Waals surface area contributed by atoms with Gasteiger partial charge in [-0.2, -0.15) is 0 Å². The van der Waals surface area contributed by atoms with Gasteiger partial charge in [-0.3, -0.25) is 4.79 Å². The third-order valence-electron chi connectivity index (χ3n) is 4.88. The van der Waals surface area contributed by atoms with E-state index in [2.05, 4.69) is 5.32 Å². The van der Waals surface area contributed by atoms with Gasteiger partial charge in [0.25, 0.3) is 0 Å². The molecule has 2 unspecified atom stereocenters. The summed E-state index contributed by atoms with van der Waals surface area (Å²) in [5, 5.41) is 3.04. The van der Waals surface area contributed by atoms with Crippen molar-refractivity contribution in [2.24, 2.45) is 11.1 Å². The van der Waals surface area contributed by atoms with E-state index in [1.54, 1.807) is 0 Å². The molecule has 3 atom stereocenters. The molecule has 124 valence electrons. The molecule has 1 saturated carbocycles. The molecule has 4 nitrogen and oxygen atoms in total. The first-order valence-corrected chi connectivity index (χ1v) is 7.59. The number of nitrogens with two attached hydrogens (primary N) is 1. The fourth-order valence-corrected chi connectivity index (χ4v) is 2.97. The van der Waals surface area contributed by atoms with E-state index in [4.69, 9.17) is 10.5 Å². The quantitative estimate of drug-likeness (QED) is 0.874. The van der Waals surface area contributed by atoms with E-state index in [1.807, 2.05) is 58.0 Å². The largest absolute Gasteiger partial charge is 0.378 e. The van der Waals surface area contributed by atoms with Crippen molar-refractivity contribution in [3.8, 4) is 0 Å². The molecule has 22 heavy (non-hydrogen) atoms. The van der Waals surface area contributed by atoms with Crippen molar-refractivity contribution in [1.82, 2.24) is 5.32 Å². The van der Waals surface area contributed by atoms with E-state index in [1.165, 1.54) is 0 Å². The zero-order valence-corrected chi connectivity index (χ0v) is 14.6. The Labute approximate surface area is 139 Å². The Bertz CT molecular complexity index is 507. The van der Waals surface area contributed by atoms with Crippen LogP contribution in [0.1, 0.15) is 45.7 Å². The van der Waals surface area contributed by atoms with Crippen molar-refractivity contribution >= 4 is 18.3 Å². The van der Waals surface area contributed by atoms with Crippen LogP contribution in [-0.2, 0) is 9.53 Å². The Morgan fingerprint density at radius 2 is 2.00 bits per heavy atom. The average molecular weight is 327 g/mol. The number of amides is 1. The van der Waals surface area contributed by atoms with Gasteiger partial charge in [0, 0.05) is 18.4 Å². The second kappa shape index (κ2) is 6.99. The molecular formula is C17H27ClN2O2. The maximum absolute atomic E-state index is 12.6. The van der Waals surface area contributed by atoms with Crippen LogP contribution < -0.4 is 11.1 Å². The van der Waals surface area contributed by atoms with Gasteiger partial charge >= 0.3 is 0 Å². The van der Waals surface area contributed by atoms with Crippen LogP contribution in [0.5, 0.6) is 0 Å². The number of carbonyl (C=O) groups is 1. The number of carbonyl (C=O) groups excluding carboxylic acids is 1. The molecule has 0 aliphatic heterocycles. The number of benzene rings is 1. The van der Waals surface area contributed by atoms with E-state index >= 15 is 0 Å². The molecule has 0 spiro atoms. The number of ether oxygens (including phenoxy) is 1. The topological polar surface area (TPSA) is 64.3 Å². The highest BCUT2D eigenvalue weighted by molar-refractivity contribution is 5.89. The van der Waals surface area contributed by atoms with Crippen LogP contribution in [0, 0.1) is 5.41 Å². The van der Waals surface area contributed by atoms with Gasteiger partial charge in [-0.15, -0.1) is 12.4 Å². The lowest BCUT2D eigenvalue weighted by Crippen LogP contribution is -2.75. The molecule has 1 fully saturated rings. The van der Waals surface area contributed by atoms with E-state index in [9.17, 15) is 4.79 Å². The summed E-state index contributed by atoms with van der Waals surface area (Å²) in [5.41, 5.74) is 6.23. The summed E-state index contributed by atoms with van der Waals surface area (Å²) in [4.78, 5) is 12.6. The number of hydrogen-bond donors (Lipinski definition) is 2. The molecule has 3 N–H and O–H groups in total. The first kappa shape index (κ1) is 18.9. The molecule has 0 radical (unpaired) electrons. The summed E-state index contributed by atoms with van der Waals surface area (Å²) in [6.07, 6.45) is 0.617. The highest BCUT2D eigenvalue weighted by atomic mass is 35.5. The highest BCUT2D eigenvalue weighted by Crippen LogP contribution is 2.50. The van der Waals surface area contributed by atoms with E-state index in [0.717, 1.165) is 5.56 Å². The average Bonchev–Trinajstić information content (AvgIpc) is 2.47. The van der Waals surface area contributed by atoms with Crippen LogP contribution in [0.3, 0.4) is 0 Å². The first-order chi connectivity index (χ1) is 9.83. The molecule has 5 heteroatoms. The van der Waals surface area contributed by atoms with Crippen LogP contribution in [-0.4, -0.2) is 24.2 Å². The molecule has 1 aliphatic rings. The van der Waals surface area contributed by atoms with Crippen molar-refractivity contribution in [3.05, 3.63) is 35.9 Å². The molecule has 1 aromatic carbocycles. The number of hydrogen-bond acceptors (Lipinski definition) is 3. The fourth-order valence-electron chi connectivity index (χ4n) is 2.97. The van der Waals surface area contributed by atoms with Crippen molar-refractivity contribution in [3.63, 3.8) is 0 Å². The molecule has 0 aromatic heterocycles. The Morgan fingerprint density at radius 1 is 1.41 bits per heavy atom. The second-order valence-electron chi connectivity index (χ2n) is 6.45. The number of halogens is 1. The molecule has 1 aromatic rings. The van der Waals surface area contributed by atoms with Gasteiger partial charge in [0.1, 0.15) is 5.54 Å². The summed E-state index contributed by atoms with van der Waals surface area (Å²) in [6.45, 7) is 8.59. The van der Waals surface area contributed by atoms with Gasteiger partial charge in [0.2, 0.25) is 5.91 Å². The summed E-state index contributed by atoms with van der Waals surface area (Å²) in [7, 11) is 0. The zero-order valence-electron chi connectivity index (χ0n) is 13.8. The highest BCUT2D eigenvalue weighted by Gasteiger charge is 2.62. The minimum absolute atomic E-state index is 0. The maximum atomic E-state index is 12.6. The summed E-state index contributed by atoms with van der Waals surface area (Å²) >= 11 is 0. The smallest absolute Gasteiger partial charge is 0.241 e. The molecule has 2 rings (SSSR count). The van der Waals surface area contributed by atoms with Gasteiger partial charge in [-0.05, 0) is 19.4 Å². The Hall–Kier alpha value is -1.10. The maximum Gasteiger partial charge on any atom is 0.241 e. The third-order valence-corrected chi connectivity index (χ3v) is 4.88. The van der Waals surface area contributed by atoms with E-state index in [-0.39, 0.29) is 35.9 Å². The summed E-state index contributed by atoms with van der Waals surface area (Å²) < 4.78 is 5.67. The fraction of sp³-hybridized carbons (Fsp3) is 0.588. The van der Waals surface area contributed by atoms with Gasteiger partial charge < -0.3 is 15.8 Å². The second-order valence-corrected chi connectivity index (χ2v) is 6.45. The summed E-state index contributed by atoms with van der Waals surface area (Å²) in [6, 6.07) is 9.85. The lowest BCUT2D eigenvalue weighted by atomic mass is 9.54. The van der Waals surface area contributed by atoms with Gasteiger partial charge in [0.05, 0.1) is 12.1 Å². The van der Waals surface area contributed by atoms with Gasteiger partial charge in [0.15, 0.2) is 0 Å². The standard InChI is InChI=1S/C17H26N2O2.ClH/c1-5-21-14-11-17(18,16(14,3)4)15(20)19-12(2)13-9-7-6-8-10-13;/h6-10,12,14H,5,11,18H2,1-4H3,(H,19,20);1H/t12-,14?,17?;/m1./s1. The Balaban J connectivity index is 0.00000242. The van der Waals surface area contributed by atoms with E-state index < -0.39 is 5.54 Å².